The quantitative estimate of drug-likeness (QED) is 0.672. The second kappa shape index (κ2) is 7.21. The Morgan fingerprint density at radius 2 is 1.80 bits per heavy atom. The molecule has 0 fully saturated rings. The highest BCUT2D eigenvalue weighted by molar-refractivity contribution is 5.45. The van der Waals surface area contributed by atoms with E-state index in [2.05, 4.69) is 40.3 Å². The molecule has 7 nitrogen and oxygen atoms in total. The molecule has 1 aromatic carbocycles. The molecule has 0 spiro atoms. The Kier molecular flexibility index (Phi) is 4.83. The molecule has 0 radical (unpaired) electrons. The Labute approximate surface area is 146 Å². The lowest BCUT2D eigenvalue weighted by Crippen LogP contribution is -2.13. The molecule has 3 rings (SSSR count). The van der Waals surface area contributed by atoms with E-state index in [0.29, 0.717) is 30.6 Å². The highest BCUT2D eigenvalue weighted by Gasteiger charge is 2.07. The van der Waals surface area contributed by atoms with E-state index in [9.17, 15) is 0 Å². The molecule has 2 aromatic heterocycles. The Hall–Kier alpha value is -3.09. The molecule has 2 heterocycles. The lowest BCUT2D eigenvalue weighted by Gasteiger charge is -2.10. The van der Waals surface area contributed by atoms with Gasteiger partial charge in [0.25, 0.3) is 0 Å². The number of hydrogen-bond acceptors (Lipinski definition) is 6. The van der Waals surface area contributed by atoms with Gasteiger partial charge in [0.15, 0.2) is 5.82 Å². The first-order valence-corrected chi connectivity index (χ1v) is 8.11. The van der Waals surface area contributed by atoms with Crippen LogP contribution in [0.25, 0.3) is 5.82 Å². The number of nitrogens with two attached hydrogens (primary N) is 1. The standard InChI is InChI=1S/C18H22N6O/c1-12-6-13(2)8-15(7-12)25-5-4-20-17-10-18(22-11-21-17)24-16(19)9-14(3)23-24/h6-11H,4-5,19H2,1-3H3,(H,20,21,22). The third kappa shape index (κ3) is 4.26. The molecule has 0 atom stereocenters. The minimum Gasteiger partial charge on any atom is -0.492 e. The fourth-order valence-electron chi connectivity index (χ4n) is 2.63. The zero-order chi connectivity index (χ0) is 17.8. The predicted octanol–water partition coefficient (Wildman–Crippen LogP) is 2.66. The monoisotopic (exact) mass is 338 g/mol. The molecule has 7 heteroatoms. The van der Waals surface area contributed by atoms with Crippen LogP contribution in [-0.4, -0.2) is 32.9 Å². The highest BCUT2D eigenvalue weighted by Crippen LogP contribution is 2.16. The fourth-order valence-corrected chi connectivity index (χ4v) is 2.63. The van der Waals surface area contributed by atoms with Crippen LogP contribution in [0.2, 0.25) is 0 Å². The molecule has 130 valence electrons. The molecular weight excluding hydrogens is 316 g/mol. The summed E-state index contributed by atoms with van der Waals surface area (Å²) in [6.07, 6.45) is 1.49. The molecule has 0 bridgehead atoms. The largest absolute Gasteiger partial charge is 0.492 e. The van der Waals surface area contributed by atoms with Crippen LogP contribution in [0.1, 0.15) is 16.8 Å². The lowest BCUT2D eigenvalue weighted by atomic mass is 10.1. The van der Waals surface area contributed by atoms with Crippen molar-refractivity contribution in [2.24, 2.45) is 0 Å². The van der Waals surface area contributed by atoms with E-state index in [-0.39, 0.29) is 0 Å². The fraction of sp³-hybridized carbons (Fsp3) is 0.278. The SMILES string of the molecule is Cc1cc(C)cc(OCCNc2cc(-n3nc(C)cc3N)ncn2)c1. The van der Waals surface area contributed by atoms with Crippen LogP contribution >= 0.6 is 0 Å². The number of anilines is 2. The van der Waals surface area contributed by atoms with Crippen molar-refractivity contribution in [1.29, 1.82) is 0 Å². The van der Waals surface area contributed by atoms with Gasteiger partial charge in [-0.2, -0.15) is 9.78 Å². The number of aryl methyl sites for hydroxylation is 3. The zero-order valence-corrected chi connectivity index (χ0v) is 14.7. The molecule has 0 aliphatic heterocycles. The maximum atomic E-state index is 5.93. The molecule has 3 aromatic rings. The average molecular weight is 338 g/mol. The maximum absolute atomic E-state index is 5.93. The summed E-state index contributed by atoms with van der Waals surface area (Å²) in [6.45, 7) is 7.16. The molecule has 0 amide bonds. The number of nitrogen functional groups attached to an aromatic ring is 1. The molecule has 0 aliphatic carbocycles. The summed E-state index contributed by atoms with van der Waals surface area (Å²) >= 11 is 0. The number of hydrogen-bond donors (Lipinski definition) is 2. The topological polar surface area (TPSA) is 90.9 Å². The molecule has 0 saturated carbocycles. The van der Waals surface area contributed by atoms with Crippen molar-refractivity contribution in [2.75, 3.05) is 24.2 Å². The van der Waals surface area contributed by atoms with Crippen molar-refractivity contribution in [2.45, 2.75) is 20.8 Å². The van der Waals surface area contributed by atoms with Crippen molar-refractivity contribution < 1.29 is 4.74 Å². The van der Waals surface area contributed by atoms with Gasteiger partial charge < -0.3 is 15.8 Å². The van der Waals surface area contributed by atoms with Gasteiger partial charge in [0.1, 0.15) is 30.3 Å². The molecule has 0 unspecified atom stereocenters. The first-order valence-electron chi connectivity index (χ1n) is 8.11. The smallest absolute Gasteiger partial charge is 0.161 e. The van der Waals surface area contributed by atoms with E-state index in [4.69, 9.17) is 10.5 Å². The van der Waals surface area contributed by atoms with E-state index >= 15 is 0 Å². The highest BCUT2D eigenvalue weighted by atomic mass is 16.5. The Morgan fingerprint density at radius 1 is 1.04 bits per heavy atom. The van der Waals surface area contributed by atoms with E-state index in [1.54, 1.807) is 16.8 Å². The van der Waals surface area contributed by atoms with Crippen molar-refractivity contribution in [3.63, 3.8) is 0 Å². The van der Waals surface area contributed by atoms with Crippen LogP contribution < -0.4 is 15.8 Å². The van der Waals surface area contributed by atoms with E-state index < -0.39 is 0 Å². The lowest BCUT2D eigenvalue weighted by molar-refractivity contribution is 0.332. The van der Waals surface area contributed by atoms with Crippen molar-refractivity contribution in [1.82, 2.24) is 19.7 Å². The zero-order valence-electron chi connectivity index (χ0n) is 14.7. The first kappa shape index (κ1) is 16.8. The normalized spacial score (nSPS) is 10.7. The van der Waals surface area contributed by atoms with Gasteiger partial charge in [0.05, 0.1) is 12.2 Å². The third-order valence-corrected chi connectivity index (χ3v) is 3.60. The summed E-state index contributed by atoms with van der Waals surface area (Å²) < 4.78 is 7.37. The Bertz CT molecular complexity index is 854. The maximum Gasteiger partial charge on any atom is 0.161 e. The number of aromatic nitrogens is 4. The predicted molar refractivity (Wildman–Crippen MR) is 98.2 cm³/mol. The van der Waals surface area contributed by atoms with E-state index in [1.807, 2.05) is 19.1 Å². The second-order valence-corrected chi connectivity index (χ2v) is 5.98. The molecular formula is C18H22N6O. The number of nitrogens with one attached hydrogen (secondary N) is 1. The van der Waals surface area contributed by atoms with Gasteiger partial charge in [-0.05, 0) is 44.0 Å². The van der Waals surface area contributed by atoms with Gasteiger partial charge in [0.2, 0.25) is 0 Å². The van der Waals surface area contributed by atoms with Crippen LogP contribution in [0.5, 0.6) is 5.75 Å². The first-order chi connectivity index (χ1) is 12.0. The summed E-state index contributed by atoms with van der Waals surface area (Å²) in [5.41, 5.74) is 9.15. The van der Waals surface area contributed by atoms with Gasteiger partial charge in [-0.15, -0.1) is 0 Å². The van der Waals surface area contributed by atoms with Crippen molar-refractivity contribution in [3.8, 4) is 11.6 Å². The van der Waals surface area contributed by atoms with Crippen LogP contribution in [0, 0.1) is 20.8 Å². The van der Waals surface area contributed by atoms with Gasteiger partial charge in [-0.3, -0.25) is 0 Å². The van der Waals surface area contributed by atoms with E-state index in [1.165, 1.54) is 17.5 Å². The van der Waals surface area contributed by atoms with Crippen LogP contribution in [-0.2, 0) is 0 Å². The molecule has 3 N–H and O–H groups in total. The summed E-state index contributed by atoms with van der Waals surface area (Å²) in [4.78, 5) is 8.43. The minimum absolute atomic E-state index is 0.533. The van der Waals surface area contributed by atoms with Gasteiger partial charge >= 0.3 is 0 Å². The number of rotatable bonds is 6. The summed E-state index contributed by atoms with van der Waals surface area (Å²) in [5.74, 6) is 2.74. The van der Waals surface area contributed by atoms with Gasteiger partial charge in [-0.1, -0.05) is 6.07 Å². The van der Waals surface area contributed by atoms with Crippen molar-refractivity contribution >= 4 is 11.6 Å². The molecule has 0 aliphatic rings. The second-order valence-electron chi connectivity index (χ2n) is 5.98. The minimum atomic E-state index is 0.533. The third-order valence-electron chi connectivity index (χ3n) is 3.60. The van der Waals surface area contributed by atoms with Crippen molar-refractivity contribution in [3.05, 3.63) is 53.5 Å². The van der Waals surface area contributed by atoms with Crippen LogP contribution in [0.15, 0.2) is 36.7 Å². The summed E-state index contributed by atoms with van der Waals surface area (Å²) in [6, 6.07) is 9.78. The Morgan fingerprint density at radius 3 is 2.48 bits per heavy atom. The van der Waals surface area contributed by atoms with Gasteiger partial charge in [-0.25, -0.2) is 9.97 Å². The number of ether oxygens (including phenoxy) is 1. The molecule has 0 saturated heterocycles. The number of nitrogens with zero attached hydrogens (tertiary/aromatic N) is 4. The summed E-state index contributed by atoms with van der Waals surface area (Å²) in [5, 5.41) is 7.55. The van der Waals surface area contributed by atoms with E-state index in [0.717, 1.165) is 11.4 Å². The average Bonchev–Trinajstić information content (AvgIpc) is 2.89. The summed E-state index contributed by atoms with van der Waals surface area (Å²) in [7, 11) is 0. The van der Waals surface area contributed by atoms with Crippen LogP contribution in [0.4, 0.5) is 11.6 Å². The molecule has 25 heavy (non-hydrogen) atoms. The number of benzene rings is 1. The van der Waals surface area contributed by atoms with Gasteiger partial charge in [0, 0.05) is 12.1 Å². The Balaban J connectivity index is 1.58. The van der Waals surface area contributed by atoms with Crippen LogP contribution in [0.3, 0.4) is 0 Å².